The fraction of sp³-hybridized carbons (Fsp3) is 0.552. The lowest BCUT2D eigenvalue weighted by atomic mass is 9.96. The molecule has 1 aliphatic heterocycles. The van der Waals surface area contributed by atoms with E-state index in [0.717, 1.165) is 39.0 Å². The molecule has 1 aliphatic rings. The number of hydrogen-bond donors (Lipinski definition) is 2. The molecule has 198 valence electrons. The number of rotatable bonds is 14. The van der Waals surface area contributed by atoms with Gasteiger partial charge in [0.15, 0.2) is 0 Å². The van der Waals surface area contributed by atoms with Crippen molar-refractivity contribution >= 4 is 23.2 Å². The first-order chi connectivity index (χ1) is 17.5. The highest BCUT2D eigenvalue weighted by Crippen LogP contribution is 2.29. The Morgan fingerprint density at radius 3 is 2.58 bits per heavy atom. The predicted molar refractivity (Wildman–Crippen MR) is 150 cm³/mol. The Hall–Kier alpha value is -2.28. The molecule has 0 saturated carbocycles. The molecule has 0 unspecified atom stereocenters. The molecule has 0 spiro atoms. The quantitative estimate of drug-likeness (QED) is 0.259. The number of nitrogen functional groups attached to an aromatic ring is 1. The van der Waals surface area contributed by atoms with Crippen molar-refractivity contribution in [3.8, 4) is 5.75 Å². The summed E-state index contributed by atoms with van der Waals surface area (Å²) in [5.74, 6) is 0.781. The topological polar surface area (TPSA) is 70.8 Å². The van der Waals surface area contributed by atoms with Crippen LogP contribution < -0.4 is 15.8 Å². The Labute approximate surface area is 222 Å². The summed E-state index contributed by atoms with van der Waals surface area (Å²) in [5.41, 5.74) is 8.06. The molecule has 2 aromatic rings. The van der Waals surface area contributed by atoms with Crippen LogP contribution in [0.4, 0.5) is 5.69 Å². The number of benzene rings is 2. The smallest absolute Gasteiger partial charge is 0.255 e. The molecule has 0 radical (unpaired) electrons. The van der Waals surface area contributed by atoms with Crippen LogP contribution in [-0.4, -0.2) is 62.1 Å². The summed E-state index contributed by atoms with van der Waals surface area (Å²) in [6, 6.07) is 14.0. The first kappa shape index (κ1) is 28.3. The van der Waals surface area contributed by atoms with E-state index >= 15 is 0 Å². The fourth-order valence-electron chi connectivity index (χ4n) is 4.94. The number of nitrogens with zero attached hydrogens (tertiary/aromatic N) is 2. The maximum atomic E-state index is 12.7. The molecule has 3 N–H and O–H groups in total. The SMILES string of the molecule is CCCN(CCCCCN1CCC(CNC(=O)c2cc(Cl)c(N)cc2OC)CC1)Cc1ccccc1. The van der Waals surface area contributed by atoms with E-state index in [-0.39, 0.29) is 5.91 Å². The molecular weight excluding hydrogens is 472 g/mol. The zero-order valence-electron chi connectivity index (χ0n) is 22.0. The van der Waals surface area contributed by atoms with Gasteiger partial charge in [-0.25, -0.2) is 0 Å². The Morgan fingerprint density at radius 1 is 1.14 bits per heavy atom. The van der Waals surface area contributed by atoms with Crippen LogP contribution in [0.5, 0.6) is 5.75 Å². The number of likely N-dealkylation sites (tertiary alicyclic amines) is 1. The van der Waals surface area contributed by atoms with Crippen molar-refractivity contribution in [1.29, 1.82) is 0 Å². The van der Waals surface area contributed by atoms with Crippen LogP contribution in [0, 0.1) is 5.92 Å². The number of anilines is 1. The van der Waals surface area contributed by atoms with E-state index in [2.05, 4.69) is 52.4 Å². The number of amides is 1. The first-order valence-electron chi connectivity index (χ1n) is 13.4. The highest BCUT2D eigenvalue weighted by atomic mass is 35.5. The molecular formula is C29H43ClN4O2. The summed E-state index contributed by atoms with van der Waals surface area (Å²) in [7, 11) is 1.53. The second-order valence-corrected chi connectivity index (χ2v) is 10.3. The number of hydrogen-bond acceptors (Lipinski definition) is 5. The van der Waals surface area contributed by atoms with Crippen molar-refractivity contribution in [2.24, 2.45) is 5.92 Å². The van der Waals surface area contributed by atoms with Gasteiger partial charge in [0.25, 0.3) is 5.91 Å². The van der Waals surface area contributed by atoms with E-state index in [1.807, 2.05) is 0 Å². The summed E-state index contributed by atoms with van der Waals surface area (Å²) in [6.07, 6.45) is 7.21. The van der Waals surface area contributed by atoms with Crippen molar-refractivity contribution in [2.45, 2.75) is 52.0 Å². The Kier molecular flexibility index (Phi) is 11.9. The van der Waals surface area contributed by atoms with Gasteiger partial charge in [0, 0.05) is 19.2 Å². The second kappa shape index (κ2) is 15.1. The molecule has 2 aromatic carbocycles. The number of ether oxygens (including phenoxy) is 1. The number of halogens is 1. The fourth-order valence-corrected chi connectivity index (χ4v) is 5.10. The summed E-state index contributed by atoms with van der Waals surface area (Å²) in [4.78, 5) is 17.8. The second-order valence-electron chi connectivity index (χ2n) is 9.89. The normalized spacial score (nSPS) is 14.8. The van der Waals surface area contributed by atoms with E-state index in [4.69, 9.17) is 22.1 Å². The number of unbranched alkanes of at least 4 members (excludes halogenated alkanes) is 2. The predicted octanol–water partition coefficient (Wildman–Crippen LogP) is 5.46. The standard InChI is InChI=1S/C29H43ClN4O2/c1-3-14-34(22-24-10-6-4-7-11-24)16-9-5-8-15-33-17-12-23(13-18-33)21-32-29(35)25-19-26(30)27(31)20-28(25)36-2/h4,6-7,10-11,19-20,23H,3,5,8-9,12-18,21-22,31H2,1-2H3,(H,32,35). The van der Waals surface area contributed by atoms with Gasteiger partial charge in [0.05, 0.1) is 23.4 Å². The van der Waals surface area contributed by atoms with Crippen molar-refractivity contribution in [1.82, 2.24) is 15.1 Å². The van der Waals surface area contributed by atoms with Crippen molar-refractivity contribution in [3.05, 3.63) is 58.6 Å². The van der Waals surface area contributed by atoms with Crippen LogP contribution >= 0.6 is 11.6 Å². The zero-order chi connectivity index (χ0) is 25.8. The molecule has 1 amide bonds. The van der Waals surface area contributed by atoms with Gasteiger partial charge in [0.1, 0.15) is 5.75 Å². The van der Waals surface area contributed by atoms with Crippen molar-refractivity contribution in [2.75, 3.05) is 52.1 Å². The number of piperidine rings is 1. The molecule has 0 aromatic heterocycles. The summed E-state index contributed by atoms with van der Waals surface area (Å²) in [5, 5.41) is 3.43. The van der Waals surface area contributed by atoms with E-state index in [1.54, 1.807) is 12.1 Å². The molecule has 0 aliphatic carbocycles. The lowest BCUT2D eigenvalue weighted by Gasteiger charge is -2.32. The molecule has 6 nitrogen and oxygen atoms in total. The minimum absolute atomic E-state index is 0.166. The number of carbonyl (C=O) groups excluding carboxylic acids is 1. The summed E-state index contributed by atoms with van der Waals surface area (Å²) in [6.45, 7) is 9.71. The number of nitrogens with one attached hydrogen (secondary N) is 1. The van der Waals surface area contributed by atoms with Crippen LogP contribution in [0.25, 0.3) is 0 Å². The van der Waals surface area contributed by atoms with Crippen LogP contribution in [0.1, 0.15) is 61.4 Å². The van der Waals surface area contributed by atoms with Crippen LogP contribution in [0.2, 0.25) is 5.02 Å². The van der Waals surface area contributed by atoms with Gasteiger partial charge in [-0.15, -0.1) is 0 Å². The Balaban J connectivity index is 1.30. The van der Waals surface area contributed by atoms with Gasteiger partial charge >= 0.3 is 0 Å². The highest BCUT2D eigenvalue weighted by Gasteiger charge is 2.21. The van der Waals surface area contributed by atoms with Gasteiger partial charge in [-0.1, -0.05) is 55.3 Å². The van der Waals surface area contributed by atoms with Gasteiger partial charge in [-0.05, 0) is 82.4 Å². The minimum atomic E-state index is -0.166. The molecule has 1 fully saturated rings. The highest BCUT2D eigenvalue weighted by molar-refractivity contribution is 6.33. The Bertz CT molecular complexity index is 932. The summed E-state index contributed by atoms with van der Waals surface area (Å²) >= 11 is 6.11. The third-order valence-electron chi connectivity index (χ3n) is 7.06. The van der Waals surface area contributed by atoms with Crippen molar-refractivity contribution < 1.29 is 9.53 Å². The van der Waals surface area contributed by atoms with Crippen LogP contribution in [-0.2, 0) is 6.54 Å². The maximum absolute atomic E-state index is 12.7. The maximum Gasteiger partial charge on any atom is 0.255 e. The van der Waals surface area contributed by atoms with Crippen LogP contribution in [0.15, 0.2) is 42.5 Å². The van der Waals surface area contributed by atoms with E-state index in [1.165, 1.54) is 51.4 Å². The number of methoxy groups -OCH3 is 1. The molecule has 7 heteroatoms. The number of nitrogens with two attached hydrogens (primary N) is 1. The third kappa shape index (κ3) is 8.99. The minimum Gasteiger partial charge on any atom is -0.496 e. The lowest BCUT2D eigenvalue weighted by Crippen LogP contribution is -2.39. The molecule has 36 heavy (non-hydrogen) atoms. The summed E-state index contributed by atoms with van der Waals surface area (Å²) < 4.78 is 5.31. The van der Waals surface area contributed by atoms with E-state index in [0.29, 0.717) is 34.5 Å². The third-order valence-corrected chi connectivity index (χ3v) is 7.39. The van der Waals surface area contributed by atoms with Gasteiger partial charge < -0.3 is 20.7 Å². The number of carbonyl (C=O) groups is 1. The monoisotopic (exact) mass is 514 g/mol. The molecule has 3 rings (SSSR count). The zero-order valence-corrected chi connectivity index (χ0v) is 22.7. The van der Waals surface area contributed by atoms with Gasteiger partial charge in [-0.2, -0.15) is 0 Å². The Morgan fingerprint density at radius 2 is 1.89 bits per heavy atom. The van der Waals surface area contributed by atoms with Gasteiger partial charge in [0.2, 0.25) is 0 Å². The molecule has 1 heterocycles. The van der Waals surface area contributed by atoms with Gasteiger partial charge in [-0.3, -0.25) is 9.69 Å². The lowest BCUT2D eigenvalue weighted by molar-refractivity contribution is 0.0933. The van der Waals surface area contributed by atoms with Crippen LogP contribution in [0.3, 0.4) is 0 Å². The largest absolute Gasteiger partial charge is 0.496 e. The molecule has 0 atom stereocenters. The molecule has 0 bridgehead atoms. The average Bonchev–Trinajstić information content (AvgIpc) is 2.89. The van der Waals surface area contributed by atoms with E-state index < -0.39 is 0 Å². The molecule has 1 saturated heterocycles. The van der Waals surface area contributed by atoms with E-state index in [9.17, 15) is 4.79 Å². The first-order valence-corrected chi connectivity index (χ1v) is 13.8. The average molecular weight is 515 g/mol. The van der Waals surface area contributed by atoms with Crippen molar-refractivity contribution in [3.63, 3.8) is 0 Å².